The molecule has 1 amide bonds. The molecular weight excluding hydrogens is 238 g/mol. The van der Waals surface area contributed by atoms with E-state index in [1.807, 2.05) is 20.8 Å². The van der Waals surface area contributed by atoms with Crippen LogP contribution in [0.4, 0.5) is 0 Å². The summed E-state index contributed by atoms with van der Waals surface area (Å²) in [6.45, 7) is 6.00. The lowest BCUT2D eigenvalue weighted by Crippen LogP contribution is -2.50. The van der Waals surface area contributed by atoms with Gasteiger partial charge in [0.1, 0.15) is 11.0 Å². The lowest BCUT2D eigenvalue weighted by atomic mass is 10.1. The van der Waals surface area contributed by atoms with Crippen LogP contribution in [0.5, 0.6) is 0 Å². The van der Waals surface area contributed by atoms with Gasteiger partial charge in [0, 0.05) is 18.2 Å². The van der Waals surface area contributed by atoms with Crippen LogP contribution in [0.1, 0.15) is 23.7 Å². The van der Waals surface area contributed by atoms with Gasteiger partial charge in [-0.25, -0.2) is 4.98 Å². The van der Waals surface area contributed by atoms with Gasteiger partial charge in [-0.3, -0.25) is 4.79 Å². The molecule has 6 heteroatoms. The molecule has 3 N–H and O–H groups in total. The van der Waals surface area contributed by atoms with E-state index in [1.165, 1.54) is 7.11 Å². The summed E-state index contributed by atoms with van der Waals surface area (Å²) in [7, 11) is 1.52. The normalized spacial score (nSPS) is 13.5. The van der Waals surface area contributed by atoms with Gasteiger partial charge in [-0.15, -0.1) is 11.3 Å². The highest BCUT2D eigenvalue weighted by molar-refractivity contribution is 7.11. The van der Waals surface area contributed by atoms with Gasteiger partial charge in [0.05, 0.1) is 12.1 Å². The number of hydrogen-bond donors (Lipinski definition) is 2. The second-order valence-electron chi connectivity index (χ2n) is 4.45. The highest BCUT2D eigenvalue weighted by Crippen LogP contribution is 2.24. The second kappa shape index (κ2) is 5.57. The average Bonchev–Trinajstić information content (AvgIpc) is 2.65. The summed E-state index contributed by atoms with van der Waals surface area (Å²) in [5, 5.41) is 3.74. The summed E-state index contributed by atoms with van der Waals surface area (Å²) in [5.74, 6) is -0.232. The summed E-state index contributed by atoms with van der Waals surface area (Å²) in [6.07, 6.45) is 1.79. The van der Waals surface area contributed by atoms with Crippen LogP contribution >= 0.6 is 11.3 Å². The third-order valence-corrected chi connectivity index (χ3v) is 3.51. The number of amides is 1. The molecule has 1 atom stereocenters. The van der Waals surface area contributed by atoms with Gasteiger partial charge in [0.15, 0.2) is 0 Å². The number of nitrogens with two attached hydrogens (primary N) is 1. The second-order valence-corrected chi connectivity index (χ2v) is 5.69. The Morgan fingerprint density at radius 2 is 2.35 bits per heavy atom. The van der Waals surface area contributed by atoms with Crippen molar-refractivity contribution in [2.24, 2.45) is 5.73 Å². The minimum absolute atomic E-state index is 0.207. The van der Waals surface area contributed by atoms with E-state index in [0.717, 1.165) is 9.88 Å². The number of carbonyl (C=O) groups excluding carboxylic acids is 1. The highest BCUT2D eigenvalue weighted by atomic mass is 32.1. The number of aryl methyl sites for hydroxylation is 1. The number of nitrogens with zero attached hydrogens (tertiary/aromatic N) is 1. The van der Waals surface area contributed by atoms with E-state index in [4.69, 9.17) is 10.5 Å². The van der Waals surface area contributed by atoms with Crippen molar-refractivity contribution in [2.45, 2.75) is 32.4 Å². The summed E-state index contributed by atoms with van der Waals surface area (Å²) in [6, 6.07) is -0.652. The Balaban J connectivity index is 2.69. The molecule has 1 aromatic rings. The van der Waals surface area contributed by atoms with Gasteiger partial charge in [0.25, 0.3) is 0 Å². The molecule has 0 spiro atoms. The third kappa shape index (κ3) is 3.76. The van der Waals surface area contributed by atoms with Gasteiger partial charge >= 0.3 is 0 Å². The standard InChI is InChI=1S/C11H19N3O2S/c1-7-5-13-10(17-7)11(2,3)14-9(15)8(12)6-16-4/h5,8H,6,12H2,1-4H3,(H,14,15). The molecule has 0 aromatic carbocycles. The topological polar surface area (TPSA) is 77.2 Å². The van der Waals surface area contributed by atoms with Crippen molar-refractivity contribution in [3.8, 4) is 0 Å². The Bertz CT molecular complexity index is 390. The molecule has 17 heavy (non-hydrogen) atoms. The zero-order valence-corrected chi connectivity index (χ0v) is 11.4. The van der Waals surface area contributed by atoms with Gasteiger partial charge < -0.3 is 15.8 Å². The van der Waals surface area contributed by atoms with Crippen molar-refractivity contribution in [2.75, 3.05) is 13.7 Å². The van der Waals surface area contributed by atoms with Gasteiger partial charge in [-0.05, 0) is 20.8 Å². The molecule has 96 valence electrons. The van der Waals surface area contributed by atoms with Crippen LogP contribution in [0.3, 0.4) is 0 Å². The molecule has 0 bridgehead atoms. The Morgan fingerprint density at radius 1 is 1.71 bits per heavy atom. The van der Waals surface area contributed by atoms with E-state index in [1.54, 1.807) is 17.5 Å². The summed E-state index contributed by atoms with van der Waals surface area (Å²) in [5.41, 5.74) is 5.15. The zero-order valence-electron chi connectivity index (χ0n) is 10.6. The van der Waals surface area contributed by atoms with Crippen LogP contribution in [-0.2, 0) is 15.1 Å². The maximum Gasteiger partial charge on any atom is 0.240 e. The predicted molar refractivity (Wildman–Crippen MR) is 67.9 cm³/mol. The molecule has 0 aliphatic rings. The smallest absolute Gasteiger partial charge is 0.240 e. The van der Waals surface area contributed by atoms with Crippen LogP contribution in [0.25, 0.3) is 0 Å². The third-order valence-electron chi connectivity index (χ3n) is 2.27. The largest absolute Gasteiger partial charge is 0.383 e. The molecule has 0 fully saturated rings. The van der Waals surface area contributed by atoms with E-state index >= 15 is 0 Å². The van der Waals surface area contributed by atoms with E-state index in [2.05, 4.69) is 10.3 Å². The first-order valence-electron chi connectivity index (χ1n) is 5.36. The molecule has 1 rings (SSSR count). The van der Waals surface area contributed by atoms with E-state index in [-0.39, 0.29) is 12.5 Å². The molecule has 1 aromatic heterocycles. The van der Waals surface area contributed by atoms with Crippen molar-refractivity contribution >= 4 is 17.2 Å². The Labute approximate surface area is 105 Å². The first kappa shape index (κ1) is 14.1. The molecule has 0 saturated carbocycles. The number of thiazole rings is 1. The fourth-order valence-electron chi connectivity index (χ4n) is 1.35. The number of hydrogen-bond acceptors (Lipinski definition) is 5. The number of nitrogens with one attached hydrogen (secondary N) is 1. The van der Waals surface area contributed by atoms with Crippen LogP contribution < -0.4 is 11.1 Å². The lowest BCUT2D eigenvalue weighted by molar-refractivity contribution is -0.125. The van der Waals surface area contributed by atoms with Crippen molar-refractivity contribution in [3.63, 3.8) is 0 Å². The summed E-state index contributed by atoms with van der Waals surface area (Å²) >= 11 is 1.56. The highest BCUT2D eigenvalue weighted by Gasteiger charge is 2.28. The molecular formula is C11H19N3O2S. The minimum atomic E-state index is -0.652. The van der Waals surface area contributed by atoms with Gasteiger partial charge in [-0.1, -0.05) is 0 Å². The van der Waals surface area contributed by atoms with Crippen LogP contribution in [-0.4, -0.2) is 30.6 Å². The van der Waals surface area contributed by atoms with E-state index in [9.17, 15) is 4.79 Å². The van der Waals surface area contributed by atoms with Crippen LogP contribution in [0, 0.1) is 6.92 Å². The molecule has 0 aliphatic heterocycles. The Kier molecular flexibility index (Phi) is 4.62. The predicted octanol–water partition coefficient (Wildman–Crippen LogP) is 0.777. The molecule has 5 nitrogen and oxygen atoms in total. The average molecular weight is 257 g/mol. The first-order chi connectivity index (χ1) is 7.86. The monoisotopic (exact) mass is 257 g/mol. The van der Waals surface area contributed by atoms with Crippen molar-refractivity contribution in [3.05, 3.63) is 16.1 Å². The Morgan fingerprint density at radius 3 is 2.82 bits per heavy atom. The number of rotatable bonds is 5. The quantitative estimate of drug-likeness (QED) is 0.817. The number of methoxy groups -OCH3 is 1. The van der Waals surface area contributed by atoms with Crippen LogP contribution in [0.2, 0.25) is 0 Å². The Hall–Kier alpha value is -0.980. The fourth-order valence-corrected chi connectivity index (χ4v) is 2.18. The van der Waals surface area contributed by atoms with Crippen molar-refractivity contribution in [1.82, 2.24) is 10.3 Å². The molecule has 0 saturated heterocycles. The van der Waals surface area contributed by atoms with E-state index in [0.29, 0.717) is 0 Å². The molecule has 0 aliphatic carbocycles. The lowest BCUT2D eigenvalue weighted by Gasteiger charge is -2.25. The summed E-state index contributed by atoms with van der Waals surface area (Å²) < 4.78 is 4.85. The van der Waals surface area contributed by atoms with Crippen LogP contribution in [0.15, 0.2) is 6.20 Å². The van der Waals surface area contributed by atoms with Gasteiger partial charge in [0.2, 0.25) is 5.91 Å². The first-order valence-corrected chi connectivity index (χ1v) is 6.18. The molecule has 0 radical (unpaired) electrons. The minimum Gasteiger partial charge on any atom is -0.383 e. The van der Waals surface area contributed by atoms with Crippen molar-refractivity contribution < 1.29 is 9.53 Å². The summed E-state index contributed by atoms with van der Waals surface area (Å²) in [4.78, 5) is 17.2. The maximum atomic E-state index is 11.8. The maximum absolute atomic E-state index is 11.8. The zero-order chi connectivity index (χ0) is 13.1. The molecule has 1 heterocycles. The number of carbonyl (C=O) groups is 1. The number of aromatic nitrogens is 1. The van der Waals surface area contributed by atoms with Crippen molar-refractivity contribution in [1.29, 1.82) is 0 Å². The fraction of sp³-hybridized carbons (Fsp3) is 0.636. The molecule has 1 unspecified atom stereocenters. The van der Waals surface area contributed by atoms with E-state index < -0.39 is 11.6 Å². The SMILES string of the molecule is COCC(N)C(=O)NC(C)(C)c1ncc(C)s1. The number of ether oxygens (including phenoxy) is 1. The van der Waals surface area contributed by atoms with Gasteiger partial charge in [-0.2, -0.15) is 0 Å².